The van der Waals surface area contributed by atoms with Gasteiger partial charge in [-0.15, -0.1) is 0 Å². The second-order valence-corrected chi connectivity index (χ2v) is 11.3. The molecule has 4 N–H and O–H groups in total. The monoisotopic (exact) mass is 550 g/mol. The van der Waals surface area contributed by atoms with Gasteiger partial charge in [-0.25, -0.2) is 0 Å². The first-order chi connectivity index (χ1) is 19.0. The van der Waals surface area contributed by atoms with Crippen molar-refractivity contribution in [2.75, 3.05) is 13.7 Å². The maximum absolute atomic E-state index is 13.6. The molecule has 10 nitrogen and oxygen atoms in total. The van der Waals surface area contributed by atoms with Crippen LogP contribution in [0.25, 0.3) is 0 Å². The van der Waals surface area contributed by atoms with Crippen molar-refractivity contribution >= 4 is 17.8 Å². The summed E-state index contributed by atoms with van der Waals surface area (Å²) in [5, 5.41) is 26.2. The van der Waals surface area contributed by atoms with Crippen molar-refractivity contribution in [2.24, 2.45) is 0 Å². The van der Waals surface area contributed by atoms with Gasteiger partial charge in [-0.05, 0) is 51.0 Å². The van der Waals surface area contributed by atoms with E-state index in [2.05, 4.69) is 10.6 Å². The number of ether oxygens (including phenoxy) is 3. The Balaban J connectivity index is 1.48. The van der Waals surface area contributed by atoms with Crippen LogP contribution in [0, 0.1) is 5.41 Å². The van der Waals surface area contributed by atoms with E-state index < -0.39 is 41.3 Å². The van der Waals surface area contributed by atoms with Crippen molar-refractivity contribution in [1.82, 2.24) is 15.5 Å². The number of aliphatic hydroxyl groups excluding tert-OH is 1. The van der Waals surface area contributed by atoms with Crippen LogP contribution >= 0.6 is 0 Å². The van der Waals surface area contributed by atoms with E-state index in [9.17, 15) is 14.7 Å². The van der Waals surface area contributed by atoms with Crippen LogP contribution in [-0.2, 0) is 9.53 Å². The summed E-state index contributed by atoms with van der Waals surface area (Å²) in [7, 11) is 1.54. The molecule has 0 aliphatic carbocycles. The predicted molar refractivity (Wildman–Crippen MR) is 148 cm³/mol. The fourth-order valence-corrected chi connectivity index (χ4v) is 5.97. The van der Waals surface area contributed by atoms with Crippen molar-refractivity contribution < 1.29 is 28.9 Å². The number of hydrogen-bond donors (Lipinski definition) is 4. The molecule has 3 heterocycles. The molecule has 40 heavy (non-hydrogen) atoms. The van der Waals surface area contributed by atoms with E-state index >= 15 is 0 Å². The van der Waals surface area contributed by atoms with E-state index in [-0.39, 0.29) is 24.9 Å². The Morgan fingerprint density at radius 1 is 1.18 bits per heavy atom. The quantitative estimate of drug-likeness (QED) is 0.433. The molecule has 0 aromatic heterocycles. The summed E-state index contributed by atoms with van der Waals surface area (Å²) in [6.07, 6.45) is 0.144. The molecule has 10 heteroatoms. The minimum absolute atomic E-state index is 0.0128. The summed E-state index contributed by atoms with van der Waals surface area (Å²) < 4.78 is 17.6. The van der Waals surface area contributed by atoms with Crippen molar-refractivity contribution in [3.8, 4) is 11.5 Å². The molecule has 0 saturated carbocycles. The number of para-hydroxylation sites is 1. The summed E-state index contributed by atoms with van der Waals surface area (Å²) >= 11 is 0. The summed E-state index contributed by atoms with van der Waals surface area (Å²) in [6.45, 7) is 7.78. The highest BCUT2D eigenvalue weighted by Crippen LogP contribution is 2.42. The molecule has 3 aliphatic heterocycles. The fraction of sp³-hybridized carbons (Fsp3) is 0.500. The van der Waals surface area contributed by atoms with Crippen LogP contribution in [0.4, 0.5) is 0 Å². The number of amides is 2. The number of fused-ring (bicyclic) bond motifs is 2. The van der Waals surface area contributed by atoms with Gasteiger partial charge in [0.1, 0.15) is 35.9 Å². The number of benzene rings is 2. The lowest BCUT2D eigenvalue weighted by Crippen LogP contribution is -2.64. The maximum Gasteiger partial charge on any atom is 0.251 e. The van der Waals surface area contributed by atoms with Crippen LogP contribution < -0.4 is 20.1 Å². The van der Waals surface area contributed by atoms with Gasteiger partial charge in [-0.1, -0.05) is 32.0 Å². The van der Waals surface area contributed by atoms with E-state index in [4.69, 9.17) is 19.6 Å². The first kappa shape index (κ1) is 27.9. The molecule has 0 unspecified atom stereocenters. The SMILES string of the molecule is CCC1(CC)CC(=O)N([C@H]2c3cc(C(=O)N[C@@H]4c5ccccc5OC(C)(C)[C@H]4O)ccc3OC[C@@H]2OC)C(=N)N1. The average Bonchev–Trinajstić information content (AvgIpc) is 2.94. The van der Waals surface area contributed by atoms with E-state index in [0.717, 1.165) is 0 Å². The number of rotatable bonds is 6. The first-order valence-electron chi connectivity index (χ1n) is 13.8. The van der Waals surface area contributed by atoms with Crippen LogP contribution in [-0.4, -0.2) is 64.8 Å². The Bertz CT molecular complexity index is 1300. The fourth-order valence-electron chi connectivity index (χ4n) is 5.97. The number of carbonyl (C=O) groups excluding carboxylic acids is 2. The molecule has 0 spiro atoms. The van der Waals surface area contributed by atoms with Gasteiger partial charge in [0.05, 0.1) is 18.5 Å². The van der Waals surface area contributed by atoms with Crippen molar-refractivity contribution in [3.05, 3.63) is 59.2 Å². The lowest BCUT2D eigenvalue weighted by atomic mass is 9.85. The summed E-state index contributed by atoms with van der Waals surface area (Å²) in [4.78, 5) is 28.6. The molecule has 0 bridgehead atoms. The molecule has 2 aromatic carbocycles. The highest BCUT2D eigenvalue weighted by molar-refractivity contribution is 6.00. The minimum Gasteiger partial charge on any atom is -0.490 e. The Labute approximate surface area is 234 Å². The molecule has 0 radical (unpaired) electrons. The zero-order valence-electron chi connectivity index (χ0n) is 23.6. The normalized spacial score (nSPS) is 26.5. The molecule has 2 aromatic rings. The topological polar surface area (TPSA) is 133 Å². The lowest BCUT2D eigenvalue weighted by molar-refractivity contribution is -0.136. The zero-order chi connectivity index (χ0) is 28.8. The van der Waals surface area contributed by atoms with Crippen LogP contribution in [0.15, 0.2) is 42.5 Å². The Morgan fingerprint density at radius 3 is 2.58 bits per heavy atom. The standard InChI is InChI=1S/C30H38N4O6/c1-6-30(7-2)15-23(35)34(28(31)33-30)25-19-14-17(12-13-20(19)39-16-22(25)38-5)27(37)32-24-18-10-8-9-11-21(18)40-29(3,4)26(24)36/h8-14,22,24-26,36H,6-7,15-16H2,1-5H3,(H2,31,33)(H,32,37)/t22-,24+,25-,26-/m0/s1. The van der Waals surface area contributed by atoms with Crippen molar-refractivity contribution in [3.63, 3.8) is 0 Å². The van der Waals surface area contributed by atoms with Crippen LogP contribution in [0.2, 0.25) is 0 Å². The maximum atomic E-state index is 13.6. The molecule has 4 atom stereocenters. The summed E-state index contributed by atoms with van der Waals surface area (Å²) in [5.41, 5.74) is 0.228. The van der Waals surface area contributed by atoms with Gasteiger partial charge < -0.3 is 30.0 Å². The Kier molecular flexibility index (Phi) is 7.26. The second kappa shape index (κ2) is 10.4. The molecule has 2 amide bonds. The van der Waals surface area contributed by atoms with Crippen molar-refractivity contribution in [2.45, 2.75) is 82.4 Å². The van der Waals surface area contributed by atoms with Gasteiger partial charge in [-0.3, -0.25) is 19.9 Å². The van der Waals surface area contributed by atoms with Gasteiger partial charge in [-0.2, -0.15) is 0 Å². The average molecular weight is 551 g/mol. The van der Waals surface area contributed by atoms with Crippen LogP contribution in [0.1, 0.15) is 80.5 Å². The van der Waals surface area contributed by atoms with Gasteiger partial charge in [0.15, 0.2) is 5.96 Å². The lowest BCUT2D eigenvalue weighted by Gasteiger charge is -2.47. The molecule has 1 saturated heterocycles. The van der Waals surface area contributed by atoms with E-state index in [1.54, 1.807) is 39.2 Å². The smallest absolute Gasteiger partial charge is 0.251 e. The Hall–Kier alpha value is -3.63. The molecule has 214 valence electrons. The molecular formula is C30H38N4O6. The number of aliphatic hydroxyl groups is 1. The largest absolute Gasteiger partial charge is 0.490 e. The van der Waals surface area contributed by atoms with Gasteiger partial charge in [0, 0.05) is 29.3 Å². The van der Waals surface area contributed by atoms with Crippen LogP contribution in [0.5, 0.6) is 11.5 Å². The second-order valence-electron chi connectivity index (χ2n) is 11.3. The molecule has 5 rings (SSSR count). The highest BCUT2D eigenvalue weighted by atomic mass is 16.5. The van der Waals surface area contributed by atoms with Gasteiger partial charge in [0.2, 0.25) is 5.91 Å². The number of guanidine groups is 1. The number of hydrogen-bond acceptors (Lipinski definition) is 7. The number of nitrogens with one attached hydrogen (secondary N) is 3. The highest BCUT2D eigenvalue weighted by Gasteiger charge is 2.47. The molecular weight excluding hydrogens is 512 g/mol. The van der Waals surface area contributed by atoms with E-state index in [0.29, 0.717) is 41.0 Å². The third-order valence-corrected chi connectivity index (χ3v) is 8.60. The predicted octanol–water partition coefficient (Wildman–Crippen LogP) is 3.45. The third kappa shape index (κ3) is 4.69. The van der Waals surface area contributed by atoms with Crippen LogP contribution in [0.3, 0.4) is 0 Å². The first-order valence-corrected chi connectivity index (χ1v) is 13.8. The van der Waals surface area contributed by atoms with E-state index in [1.807, 2.05) is 38.1 Å². The molecule has 1 fully saturated rings. The summed E-state index contributed by atoms with van der Waals surface area (Å²) in [5.74, 6) is 0.572. The van der Waals surface area contributed by atoms with Crippen molar-refractivity contribution in [1.29, 1.82) is 5.41 Å². The third-order valence-electron chi connectivity index (χ3n) is 8.60. The van der Waals surface area contributed by atoms with Gasteiger partial charge >= 0.3 is 0 Å². The Morgan fingerprint density at radius 2 is 1.90 bits per heavy atom. The number of nitrogens with zero attached hydrogens (tertiary/aromatic N) is 1. The van der Waals surface area contributed by atoms with Gasteiger partial charge in [0.25, 0.3) is 5.91 Å². The number of carbonyl (C=O) groups is 2. The van der Waals surface area contributed by atoms with E-state index in [1.165, 1.54) is 4.90 Å². The molecule has 3 aliphatic rings. The minimum atomic E-state index is -0.993. The number of methoxy groups -OCH3 is 1. The summed E-state index contributed by atoms with van der Waals surface area (Å²) in [6, 6.07) is 11.0. The zero-order valence-corrected chi connectivity index (χ0v) is 23.6.